The first kappa shape index (κ1) is 12.1. The molecule has 2 aromatic rings. The standard InChI is InChI=1S/C11H16N4OS/c1-7(5-9-4-3-8(2)17-9)13-11-15-14-10(6-12)16-11/h3-4,7H,5-6,12H2,1-2H3,(H,13,15). The largest absolute Gasteiger partial charge is 0.407 e. The molecule has 0 radical (unpaired) electrons. The molecular weight excluding hydrogens is 236 g/mol. The Kier molecular flexibility index (Phi) is 3.75. The van der Waals surface area contributed by atoms with E-state index in [1.165, 1.54) is 9.75 Å². The third-order valence-electron chi connectivity index (χ3n) is 2.31. The molecule has 0 aliphatic heterocycles. The van der Waals surface area contributed by atoms with Crippen LogP contribution in [0.2, 0.25) is 0 Å². The Labute approximate surface area is 104 Å². The second kappa shape index (κ2) is 5.29. The SMILES string of the molecule is Cc1ccc(CC(C)Nc2nnc(CN)o2)s1. The van der Waals surface area contributed by atoms with Crippen molar-refractivity contribution < 1.29 is 4.42 Å². The zero-order valence-electron chi connectivity index (χ0n) is 9.93. The van der Waals surface area contributed by atoms with Crippen LogP contribution >= 0.6 is 11.3 Å². The van der Waals surface area contributed by atoms with E-state index >= 15 is 0 Å². The first-order chi connectivity index (χ1) is 8.17. The van der Waals surface area contributed by atoms with Crippen LogP contribution in [0.25, 0.3) is 0 Å². The third kappa shape index (κ3) is 3.28. The van der Waals surface area contributed by atoms with Gasteiger partial charge in [-0.15, -0.1) is 16.4 Å². The highest BCUT2D eigenvalue weighted by molar-refractivity contribution is 7.11. The Hall–Kier alpha value is -1.40. The summed E-state index contributed by atoms with van der Waals surface area (Å²) in [7, 11) is 0. The molecule has 5 nitrogen and oxygen atoms in total. The van der Waals surface area contributed by atoms with Crippen LogP contribution in [0.3, 0.4) is 0 Å². The average molecular weight is 252 g/mol. The first-order valence-electron chi connectivity index (χ1n) is 5.51. The molecule has 0 fully saturated rings. The molecule has 17 heavy (non-hydrogen) atoms. The molecule has 1 atom stereocenters. The molecule has 92 valence electrons. The third-order valence-corrected chi connectivity index (χ3v) is 3.34. The van der Waals surface area contributed by atoms with E-state index in [1.807, 2.05) is 11.3 Å². The zero-order chi connectivity index (χ0) is 12.3. The van der Waals surface area contributed by atoms with Gasteiger partial charge < -0.3 is 15.5 Å². The highest BCUT2D eigenvalue weighted by atomic mass is 32.1. The lowest BCUT2D eigenvalue weighted by atomic mass is 10.2. The molecule has 1 unspecified atom stereocenters. The van der Waals surface area contributed by atoms with Crippen LogP contribution in [0.5, 0.6) is 0 Å². The lowest BCUT2D eigenvalue weighted by molar-refractivity contribution is 0.502. The van der Waals surface area contributed by atoms with E-state index in [0.717, 1.165) is 6.42 Å². The summed E-state index contributed by atoms with van der Waals surface area (Å²) in [4.78, 5) is 2.68. The Bertz CT molecular complexity index is 479. The van der Waals surface area contributed by atoms with Gasteiger partial charge in [-0.3, -0.25) is 0 Å². The Morgan fingerprint density at radius 3 is 2.88 bits per heavy atom. The molecule has 6 heteroatoms. The molecule has 0 aliphatic rings. The van der Waals surface area contributed by atoms with Crippen molar-refractivity contribution in [3.8, 4) is 0 Å². The monoisotopic (exact) mass is 252 g/mol. The Balaban J connectivity index is 1.90. The van der Waals surface area contributed by atoms with Crippen LogP contribution in [0, 0.1) is 6.92 Å². The van der Waals surface area contributed by atoms with Crippen molar-refractivity contribution in [2.45, 2.75) is 32.9 Å². The van der Waals surface area contributed by atoms with Crippen LogP contribution in [0.4, 0.5) is 6.01 Å². The van der Waals surface area contributed by atoms with E-state index in [2.05, 4.69) is 41.5 Å². The number of nitrogens with zero attached hydrogens (tertiary/aromatic N) is 2. The van der Waals surface area contributed by atoms with E-state index in [-0.39, 0.29) is 12.6 Å². The maximum Gasteiger partial charge on any atom is 0.315 e. The van der Waals surface area contributed by atoms with Crippen LogP contribution in [-0.4, -0.2) is 16.2 Å². The summed E-state index contributed by atoms with van der Waals surface area (Å²) >= 11 is 1.81. The lowest BCUT2D eigenvalue weighted by Gasteiger charge is -2.09. The molecule has 2 aromatic heterocycles. The zero-order valence-corrected chi connectivity index (χ0v) is 10.8. The van der Waals surface area contributed by atoms with Gasteiger partial charge in [0.1, 0.15) is 0 Å². The number of thiophene rings is 1. The van der Waals surface area contributed by atoms with Gasteiger partial charge in [0.15, 0.2) is 0 Å². The summed E-state index contributed by atoms with van der Waals surface area (Å²) in [5.74, 6) is 0.451. The fourth-order valence-corrected chi connectivity index (χ4v) is 2.57. The summed E-state index contributed by atoms with van der Waals surface area (Å²) in [6.45, 7) is 4.46. The van der Waals surface area contributed by atoms with Crippen molar-refractivity contribution in [3.63, 3.8) is 0 Å². The fraction of sp³-hybridized carbons (Fsp3) is 0.455. The number of aryl methyl sites for hydroxylation is 1. The summed E-state index contributed by atoms with van der Waals surface area (Å²) in [5.41, 5.74) is 5.40. The Morgan fingerprint density at radius 1 is 1.47 bits per heavy atom. The molecule has 0 aromatic carbocycles. The lowest BCUT2D eigenvalue weighted by Crippen LogP contribution is -2.17. The van der Waals surface area contributed by atoms with E-state index < -0.39 is 0 Å². The number of hydrogen-bond donors (Lipinski definition) is 2. The smallest absolute Gasteiger partial charge is 0.315 e. The molecular formula is C11H16N4OS. The predicted octanol–water partition coefficient (Wildman–Crippen LogP) is 1.94. The van der Waals surface area contributed by atoms with Crippen LogP contribution in [0.1, 0.15) is 22.6 Å². The topological polar surface area (TPSA) is 77.0 Å². The van der Waals surface area contributed by atoms with Crippen LogP contribution in [-0.2, 0) is 13.0 Å². The van der Waals surface area contributed by atoms with Crippen molar-refractivity contribution in [1.82, 2.24) is 10.2 Å². The molecule has 0 bridgehead atoms. The summed E-state index contributed by atoms with van der Waals surface area (Å²) in [5, 5.41) is 10.8. The summed E-state index contributed by atoms with van der Waals surface area (Å²) < 4.78 is 5.29. The predicted molar refractivity (Wildman–Crippen MR) is 68.0 cm³/mol. The normalized spacial score (nSPS) is 12.6. The summed E-state index contributed by atoms with van der Waals surface area (Å²) in [6, 6.07) is 4.97. The number of anilines is 1. The molecule has 3 N–H and O–H groups in total. The van der Waals surface area contributed by atoms with E-state index in [0.29, 0.717) is 11.9 Å². The maximum absolute atomic E-state index is 5.40. The molecule has 0 amide bonds. The van der Waals surface area contributed by atoms with Gasteiger partial charge in [0.25, 0.3) is 0 Å². The van der Waals surface area contributed by atoms with Gasteiger partial charge in [0.2, 0.25) is 5.89 Å². The van der Waals surface area contributed by atoms with E-state index in [4.69, 9.17) is 10.2 Å². The minimum absolute atomic E-state index is 0.249. The van der Waals surface area contributed by atoms with Gasteiger partial charge >= 0.3 is 6.01 Å². The van der Waals surface area contributed by atoms with Gasteiger partial charge in [0, 0.05) is 22.2 Å². The highest BCUT2D eigenvalue weighted by Gasteiger charge is 2.09. The number of nitrogens with two attached hydrogens (primary N) is 1. The minimum Gasteiger partial charge on any atom is -0.407 e. The number of aromatic nitrogens is 2. The van der Waals surface area contributed by atoms with Gasteiger partial charge in [-0.05, 0) is 26.0 Å². The van der Waals surface area contributed by atoms with Crippen molar-refractivity contribution in [3.05, 3.63) is 27.8 Å². The van der Waals surface area contributed by atoms with Crippen molar-refractivity contribution in [2.75, 3.05) is 5.32 Å². The van der Waals surface area contributed by atoms with Gasteiger partial charge in [-0.25, -0.2) is 0 Å². The highest BCUT2D eigenvalue weighted by Crippen LogP contribution is 2.18. The molecule has 2 rings (SSSR count). The minimum atomic E-state index is 0.249. The van der Waals surface area contributed by atoms with E-state index in [1.54, 1.807) is 0 Å². The van der Waals surface area contributed by atoms with Gasteiger partial charge in [-0.2, -0.15) is 0 Å². The van der Waals surface area contributed by atoms with Crippen molar-refractivity contribution >= 4 is 17.4 Å². The number of nitrogens with one attached hydrogen (secondary N) is 1. The average Bonchev–Trinajstić information content (AvgIpc) is 2.88. The Morgan fingerprint density at radius 2 is 2.29 bits per heavy atom. The number of hydrogen-bond acceptors (Lipinski definition) is 6. The second-order valence-electron chi connectivity index (χ2n) is 3.97. The molecule has 0 spiro atoms. The molecule has 0 saturated heterocycles. The maximum atomic E-state index is 5.40. The van der Waals surface area contributed by atoms with Crippen molar-refractivity contribution in [2.24, 2.45) is 5.73 Å². The van der Waals surface area contributed by atoms with E-state index in [9.17, 15) is 0 Å². The summed E-state index contributed by atoms with van der Waals surface area (Å²) in [6.07, 6.45) is 0.943. The van der Waals surface area contributed by atoms with Crippen molar-refractivity contribution in [1.29, 1.82) is 0 Å². The van der Waals surface area contributed by atoms with Gasteiger partial charge in [-0.1, -0.05) is 5.10 Å². The van der Waals surface area contributed by atoms with Gasteiger partial charge in [0.05, 0.1) is 6.54 Å². The van der Waals surface area contributed by atoms with Crippen LogP contribution < -0.4 is 11.1 Å². The first-order valence-corrected chi connectivity index (χ1v) is 6.33. The molecule has 2 heterocycles. The quantitative estimate of drug-likeness (QED) is 0.850. The molecule has 0 aliphatic carbocycles. The second-order valence-corrected chi connectivity index (χ2v) is 5.34. The molecule has 0 saturated carbocycles. The van der Waals surface area contributed by atoms with Crippen LogP contribution in [0.15, 0.2) is 16.5 Å². The fourth-order valence-electron chi connectivity index (χ4n) is 1.55. The number of rotatable bonds is 5.